The van der Waals surface area contributed by atoms with E-state index in [2.05, 4.69) is 5.32 Å². The molecule has 29 heavy (non-hydrogen) atoms. The minimum Gasteiger partial charge on any atom is -0.490 e. The minimum absolute atomic E-state index is 0.0938. The van der Waals surface area contributed by atoms with Crippen LogP contribution in [-0.2, 0) is 14.3 Å². The van der Waals surface area contributed by atoms with Gasteiger partial charge >= 0.3 is 5.97 Å². The molecule has 2 aromatic rings. The van der Waals surface area contributed by atoms with Gasteiger partial charge in [-0.05, 0) is 49.7 Å². The Balaban J connectivity index is 1.36. The molecule has 0 unspecified atom stereocenters. The van der Waals surface area contributed by atoms with Crippen LogP contribution < -0.4 is 15.0 Å². The number of amides is 2. The molecule has 2 aromatic carbocycles. The third kappa shape index (κ3) is 5.81. The number of carbonyl (C=O) groups is 3. The Morgan fingerprint density at radius 3 is 2.41 bits per heavy atom. The number of esters is 1. The first kappa shape index (κ1) is 20.4. The molecule has 2 amide bonds. The highest BCUT2D eigenvalue weighted by Gasteiger charge is 2.21. The number of carbonyl (C=O) groups excluding carboxylic acids is 3. The second kappa shape index (κ2) is 9.73. The van der Waals surface area contributed by atoms with Gasteiger partial charge in [0.2, 0.25) is 5.91 Å². The zero-order valence-corrected chi connectivity index (χ0v) is 16.3. The van der Waals surface area contributed by atoms with Crippen molar-refractivity contribution in [2.24, 2.45) is 0 Å². The summed E-state index contributed by atoms with van der Waals surface area (Å²) in [6.07, 6.45) is 1.40. The van der Waals surface area contributed by atoms with Crippen LogP contribution in [0.1, 0.15) is 28.8 Å². The van der Waals surface area contributed by atoms with Crippen LogP contribution in [0.2, 0.25) is 0 Å². The van der Waals surface area contributed by atoms with E-state index >= 15 is 0 Å². The van der Waals surface area contributed by atoms with Crippen LogP contribution in [0.15, 0.2) is 48.5 Å². The van der Waals surface area contributed by atoms with Gasteiger partial charge in [0.15, 0.2) is 0 Å². The van der Waals surface area contributed by atoms with Crippen LogP contribution in [0.3, 0.4) is 0 Å². The van der Waals surface area contributed by atoms with Crippen molar-refractivity contribution in [1.29, 1.82) is 0 Å². The van der Waals surface area contributed by atoms with Gasteiger partial charge in [-0.2, -0.15) is 0 Å². The number of ether oxygens (including phenoxy) is 2. The standard InChI is InChI=1S/C22H24N2O5/c1-16-4-10-19(11-5-16)28-13-14-29-21(26)15-23-22(27)17-6-8-18(9-7-17)24-12-2-3-20(24)25/h4-11H,2-3,12-15H2,1H3,(H,23,27). The van der Waals surface area contributed by atoms with E-state index in [1.807, 2.05) is 31.2 Å². The van der Waals surface area contributed by atoms with E-state index in [0.717, 1.165) is 17.7 Å². The smallest absolute Gasteiger partial charge is 0.325 e. The fourth-order valence-corrected chi connectivity index (χ4v) is 2.97. The van der Waals surface area contributed by atoms with Crippen molar-refractivity contribution in [1.82, 2.24) is 5.32 Å². The lowest BCUT2D eigenvalue weighted by molar-refractivity contribution is -0.143. The molecular formula is C22H24N2O5. The SMILES string of the molecule is Cc1ccc(OCCOC(=O)CNC(=O)c2ccc(N3CCCC3=O)cc2)cc1. The van der Waals surface area contributed by atoms with Crippen molar-refractivity contribution in [2.45, 2.75) is 19.8 Å². The van der Waals surface area contributed by atoms with Gasteiger partial charge in [0.1, 0.15) is 25.5 Å². The van der Waals surface area contributed by atoms with Crippen LogP contribution in [0, 0.1) is 6.92 Å². The van der Waals surface area contributed by atoms with Crippen molar-refractivity contribution in [3.8, 4) is 5.75 Å². The fraction of sp³-hybridized carbons (Fsp3) is 0.318. The highest BCUT2D eigenvalue weighted by atomic mass is 16.6. The van der Waals surface area contributed by atoms with Crippen LogP contribution >= 0.6 is 0 Å². The van der Waals surface area contributed by atoms with E-state index in [1.165, 1.54) is 0 Å². The first-order valence-electron chi connectivity index (χ1n) is 9.56. The van der Waals surface area contributed by atoms with E-state index < -0.39 is 5.97 Å². The highest BCUT2D eigenvalue weighted by molar-refractivity contribution is 5.98. The second-order valence-electron chi connectivity index (χ2n) is 6.76. The first-order chi connectivity index (χ1) is 14.0. The topological polar surface area (TPSA) is 84.9 Å². The highest BCUT2D eigenvalue weighted by Crippen LogP contribution is 2.21. The van der Waals surface area contributed by atoms with Crippen molar-refractivity contribution < 1.29 is 23.9 Å². The molecule has 0 saturated carbocycles. The molecule has 0 bridgehead atoms. The maximum absolute atomic E-state index is 12.2. The summed E-state index contributed by atoms with van der Waals surface area (Å²) in [5, 5.41) is 2.53. The average molecular weight is 396 g/mol. The Bertz CT molecular complexity index is 862. The Kier molecular flexibility index (Phi) is 6.84. The van der Waals surface area contributed by atoms with Gasteiger partial charge in [0.25, 0.3) is 5.91 Å². The van der Waals surface area contributed by atoms with Gasteiger partial charge in [-0.15, -0.1) is 0 Å². The molecule has 1 saturated heterocycles. The molecule has 0 radical (unpaired) electrons. The summed E-state index contributed by atoms with van der Waals surface area (Å²) in [6, 6.07) is 14.3. The van der Waals surface area contributed by atoms with Crippen molar-refractivity contribution >= 4 is 23.5 Å². The number of anilines is 1. The Morgan fingerprint density at radius 1 is 1.03 bits per heavy atom. The van der Waals surface area contributed by atoms with Gasteiger partial charge < -0.3 is 19.7 Å². The minimum atomic E-state index is -0.537. The number of hydrogen-bond acceptors (Lipinski definition) is 5. The number of rotatable bonds is 8. The van der Waals surface area contributed by atoms with Gasteiger partial charge in [0.05, 0.1) is 0 Å². The lowest BCUT2D eigenvalue weighted by Gasteiger charge is -2.15. The zero-order valence-electron chi connectivity index (χ0n) is 16.3. The van der Waals surface area contributed by atoms with Crippen LogP contribution in [0.25, 0.3) is 0 Å². The molecule has 0 spiro atoms. The molecule has 3 rings (SSSR count). The molecule has 1 aliphatic heterocycles. The summed E-state index contributed by atoms with van der Waals surface area (Å²) >= 11 is 0. The summed E-state index contributed by atoms with van der Waals surface area (Å²) in [7, 11) is 0. The maximum atomic E-state index is 12.2. The molecule has 1 fully saturated rings. The maximum Gasteiger partial charge on any atom is 0.325 e. The van der Waals surface area contributed by atoms with Crippen LogP contribution in [0.4, 0.5) is 5.69 Å². The Hall–Kier alpha value is -3.35. The predicted octanol–water partition coefficient (Wildman–Crippen LogP) is 2.47. The van der Waals surface area contributed by atoms with Crippen LogP contribution in [0.5, 0.6) is 5.75 Å². The molecular weight excluding hydrogens is 372 g/mol. The quantitative estimate of drug-likeness (QED) is 0.547. The number of nitrogens with one attached hydrogen (secondary N) is 1. The molecule has 7 heteroatoms. The monoisotopic (exact) mass is 396 g/mol. The van der Waals surface area contributed by atoms with Crippen LogP contribution in [-0.4, -0.2) is 44.1 Å². The summed E-state index contributed by atoms with van der Waals surface area (Å²) in [4.78, 5) is 37.4. The molecule has 0 aromatic heterocycles. The number of hydrogen-bond donors (Lipinski definition) is 1. The fourth-order valence-electron chi connectivity index (χ4n) is 2.97. The summed E-state index contributed by atoms with van der Waals surface area (Å²) in [5.41, 5.74) is 2.33. The summed E-state index contributed by atoms with van der Waals surface area (Å²) < 4.78 is 10.5. The predicted molar refractivity (Wildman–Crippen MR) is 108 cm³/mol. The first-order valence-corrected chi connectivity index (χ1v) is 9.56. The Labute approximate surface area is 169 Å². The van der Waals surface area contributed by atoms with E-state index in [9.17, 15) is 14.4 Å². The number of nitrogens with zero attached hydrogens (tertiary/aromatic N) is 1. The molecule has 1 heterocycles. The third-order valence-corrected chi connectivity index (χ3v) is 4.54. The molecule has 0 aliphatic carbocycles. The molecule has 1 N–H and O–H groups in total. The van der Waals surface area contributed by atoms with Crippen molar-refractivity contribution in [2.75, 3.05) is 31.2 Å². The normalized spacial score (nSPS) is 13.3. The van der Waals surface area contributed by atoms with Gasteiger partial charge in [-0.25, -0.2) is 0 Å². The molecule has 152 valence electrons. The van der Waals surface area contributed by atoms with Gasteiger partial charge in [-0.1, -0.05) is 17.7 Å². The third-order valence-electron chi connectivity index (χ3n) is 4.54. The number of benzene rings is 2. The summed E-state index contributed by atoms with van der Waals surface area (Å²) in [6.45, 7) is 2.79. The van der Waals surface area contributed by atoms with Crippen molar-refractivity contribution in [3.05, 3.63) is 59.7 Å². The average Bonchev–Trinajstić information content (AvgIpc) is 3.16. The van der Waals surface area contributed by atoms with E-state index in [0.29, 0.717) is 24.3 Å². The zero-order chi connectivity index (χ0) is 20.6. The molecule has 7 nitrogen and oxygen atoms in total. The van der Waals surface area contributed by atoms with Gasteiger partial charge in [-0.3, -0.25) is 14.4 Å². The van der Waals surface area contributed by atoms with E-state index in [4.69, 9.17) is 9.47 Å². The molecule has 0 atom stereocenters. The van der Waals surface area contributed by atoms with E-state index in [-0.39, 0.29) is 31.6 Å². The lowest BCUT2D eigenvalue weighted by atomic mass is 10.2. The van der Waals surface area contributed by atoms with Crippen molar-refractivity contribution in [3.63, 3.8) is 0 Å². The lowest BCUT2D eigenvalue weighted by Crippen LogP contribution is -2.31. The largest absolute Gasteiger partial charge is 0.490 e. The van der Waals surface area contributed by atoms with E-state index in [1.54, 1.807) is 29.2 Å². The second-order valence-corrected chi connectivity index (χ2v) is 6.76. The van der Waals surface area contributed by atoms with Gasteiger partial charge in [0, 0.05) is 24.2 Å². The number of aryl methyl sites for hydroxylation is 1. The molecule has 1 aliphatic rings. The Morgan fingerprint density at radius 2 is 1.76 bits per heavy atom. The summed E-state index contributed by atoms with van der Waals surface area (Å²) in [5.74, 6) is -0.113.